The van der Waals surface area contributed by atoms with Gasteiger partial charge in [-0.2, -0.15) is 0 Å². The number of hydrogen-bond acceptors (Lipinski definition) is 4. The number of ether oxygens (including phenoxy) is 2. The Morgan fingerprint density at radius 1 is 1.07 bits per heavy atom. The third-order valence-corrected chi connectivity index (χ3v) is 6.45. The van der Waals surface area contributed by atoms with Gasteiger partial charge in [-0.1, -0.05) is 18.2 Å². The van der Waals surface area contributed by atoms with Crippen LogP contribution in [0.5, 0.6) is 11.5 Å². The second-order valence-electron chi connectivity index (χ2n) is 7.58. The molecule has 0 bridgehead atoms. The van der Waals surface area contributed by atoms with Crippen LogP contribution >= 0.6 is 15.9 Å². The Morgan fingerprint density at radius 3 is 2.52 bits per heavy atom. The number of nitrogens with zero attached hydrogens (tertiary/aromatic N) is 1. The number of methoxy groups -OCH3 is 2. The van der Waals surface area contributed by atoms with Crippen LogP contribution in [0.3, 0.4) is 0 Å². The van der Waals surface area contributed by atoms with Crippen LogP contribution in [-0.4, -0.2) is 31.1 Å². The summed E-state index contributed by atoms with van der Waals surface area (Å²) in [4.78, 5) is 27.3. The fraction of sp³-hybridized carbons (Fsp3) is 0.364. The van der Waals surface area contributed by atoms with Crippen LogP contribution in [0.25, 0.3) is 0 Å². The Morgan fingerprint density at radius 2 is 1.79 bits per heavy atom. The number of urea groups is 1. The van der Waals surface area contributed by atoms with E-state index in [1.165, 1.54) is 16.0 Å². The van der Waals surface area contributed by atoms with E-state index in [0.29, 0.717) is 17.1 Å². The normalized spacial score (nSPS) is 20.6. The van der Waals surface area contributed by atoms with Crippen LogP contribution in [0.15, 0.2) is 34.8 Å². The van der Waals surface area contributed by atoms with Gasteiger partial charge in [0.05, 0.1) is 25.2 Å². The second kappa shape index (κ2) is 7.37. The zero-order chi connectivity index (χ0) is 20.8. The molecule has 1 saturated heterocycles. The molecule has 2 aromatic carbocycles. The summed E-state index contributed by atoms with van der Waals surface area (Å²) in [5.41, 5.74) is 3.02. The summed E-state index contributed by atoms with van der Waals surface area (Å²) < 4.78 is 11.5. The van der Waals surface area contributed by atoms with Crippen LogP contribution < -0.4 is 14.8 Å². The number of carbonyl (C=O) groups is 2. The molecule has 1 aliphatic heterocycles. The van der Waals surface area contributed by atoms with E-state index in [1.54, 1.807) is 33.3 Å². The minimum atomic E-state index is -1.08. The fourth-order valence-corrected chi connectivity index (χ4v) is 4.62. The van der Waals surface area contributed by atoms with Crippen LogP contribution in [0.1, 0.15) is 35.6 Å². The number of carbonyl (C=O) groups excluding carboxylic acids is 2. The molecule has 6 nitrogen and oxygen atoms in total. The molecule has 1 N–H and O–H groups in total. The highest BCUT2D eigenvalue weighted by Crippen LogP contribution is 2.36. The largest absolute Gasteiger partial charge is 0.496 e. The Bertz CT molecular complexity index is 1010. The van der Waals surface area contributed by atoms with Gasteiger partial charge in [0.2, 0.25) is 0 Å². The predicted molar refractivity (Wildman–Crippen MR) is 112 cm³/mol. The third-order valence-electron chi connectivity index (χ3n) is 5.83. The molecule has 0 saturated carbocycles. The highest BCUT2D eigenvalue weighted by Gasteiger charge is 2.49. The summed E-state index contributed by atoms with van der Waals surface area (Å²) in [6.07, 6.45) is 3.22. The number of amides is 3. The third kappa shape index (κ3) is 3.27. The highest BCUT2D eigenvalue weighted by atomic mass is 79.9. The molecule has 2 aliphatic rings. The van der Waals surface area contributed by atoms with E-state index in [-0.39, 0.29) is 12.5 Å². The van der Waals surface area contributed by atoms with E-state index < -0.39 is 11.6 Å². The lowest BCUT2D eigenvalue weighted by Crippen LogP contribution is -2.41. The molecule has 29 heavy (non-hydrogen) atoms. The van der Waals surface area contributed by atoms with Crippen molar-refractivity contribution in [3.8, 4) is 11.5 Å². The fourth-order valence-electron chi connectivity index (χ4n) is 4.14. The molecule has 1 unspecified atom stereocenters. The minimum Gasteiger partial charge on any atom is -0.496 e. The number of hydrogen-bond donors (Lipinski definition) is 1. The van der Waals surface area contributed by atoms with Gasteiger partial charge in [-0.3, -0.25) is 9.69 Å². The van der Waals surface area contributed by atoms with Crippen molar-refractivity contribution >= 4 is 27.9 Å². The zero-order valence-electron chi connectivity index (χ0n) is 16.7. The van der Waals surface area contributed by atoms with Gasteiger partial charge in [0.25, 0.3) is 5.91 Å². The summed E-state index contributed by atoms with van der Waals surface area (Å²) in [6.45, 7) is 1.86. The molecule has 0 aromatic heterocycles. The molecule has 1 fully saturated rings. The number of benzene rings is 2. The summed E-state index contributed by atoms with van der Waals surface area (Å²) in [5, 5.41) is 2.89. The molecule has 1 aliphatic carbocycles. The smallest absolute Gasteiger partial charge is 0.325 e. The molecule has 1 heterocycles. The van der Waals surface area contributed by atoms with Crippen LogP contribution in [0, 0.1) is 0 Å². The summed E-state index contributed by atoms with van der Waals surface area (Å²) >= 11 is 3.43. The molecule has 0 radical (unpaired) electrons. The van der Waals surface area contributed by atoms with Crippen molar-refractivity contribution in [2.75, 3.05) is 14.2 Å². The first-order valence-electron chi connectivity index (χ1n) is 9.54. The van der Waals surface area contributed by atoms with Gasteiger partial charge in [-0.05, 0) is 70.9 Å². The molecular formula is C22H23BrN2O4. The van der Waals surface area contributed by atoms with Crippen molar-refractivity contribution in [1.29, 1.82) is 0 Å². The van der Waals surface area contributed by atoms with Crippen molar-refractivity contribution in [3.63, 3.8) is 0 Å². The van der Waals surface area contributed by atoms with E-state index in [4.69, 9.17) is 9.47 Å². The molecule has 152 valence electrons. The van der Waals surface area contributed by atoms with Crippen LogP contribution in [0.2, 0.25) is 0 Å². The van der Waals surface area contributed by atoms with E-state index in [9.17, 15) is 9.59 Å². The summed E-state index contributed by atoms with van der Waals surface area (Å²) in [7, 11) is 3.12. The average Bonchev–Trinajstić information content (AvgIpc) is 3.27. The average molecular weight is 459 g/mol. The van der Waals surface area contributed by atoms with Gasteiger partial charge in [0.1, 0.15) is 17.0 Å². The Kier molecular flexibility index (Phi) is 5.02. The Balaban J connectivity index is 1.65. The second-order valence-corrected chi connectivity index (χ2v) is 8.44. The molecule has 0 spiro atoms. The maximum atomic E-state index is 13.3. The van der Waals surface area contributed by atoms with Crippen LogP contribution in [-0.2, 0) is 29.7 Å². The van der Waals surface area contributed by atoms with Gasteiger partial charge >= 0.3 is 6.03 Å². The lowest BCUT2D eigenvalue weighted by Gasteiger charge is -2.23. The first-order chi connectivity index (χ1) is 13.9. The van der Waals surface area contributed by atoms with Crippen molar-refractivity contribution in [2.24, 2.45) is 0 Å². The Labute approximate surface area is 178 Å². The molecule has 7 heteroatoms. The molecule has 2 aromatic rings. The number of aryl methyl sites for hydroxylation is 2. The van der Waals surface area contributed by atoms with Crippen molar-refractivity contribution in [2.45, 2.75) is 38.3 Å². The molecule has 1 atom stereocenters. The molecule has 4 rings (SSSR count). The first-order valence-corrected chi connectivity index (χ1v) is 10.3. The first kappa shape index (κ1) is 19.8. The van der Waals surface area contributed by atoms with Gasteiger partial charge in [-0.15, -0.1) is 0 Å². The van der Waals surface area contributed by atoms with Gasteiger partial charge < -0.3 is 14.8 Å². The summed E-state index contributed by atoms with van der Waals surface area (Å²) in [5.74, 6) is 0.906. The number of imide groups is 1. The minimum absolute atomic E-state index is 0.0952. The lowest BCUT2D eigenvalue weighted by molar-refractivity contribution is -0.131. The number of fused-ring (bicyclic) bond motifs is 1. The zero-order valence-corrected chi connectivity index (χ0v) is 18.3. The standard InChI is InChI=1S/C22H23BrN2O4/c1-22(16-8-7-13-5-4-6-14(13)9-16)20(26)25(21(27)24-22)12-15-10-19(29-3)17(23)11-18(15)28-2/h7-11H,4-6,12H2,1-3H3,(H,24,27). The van der Waals surface area contributed by atoms with E-state index in [0.717, 1.165) is 29.3 Å². The summed E-state index contributed by atoms with van der Waals surface area (Å²) in [6, 6.07) is 9.22. The van der Waals surface area contributed by atoms with E-state index in [1.807, 2.05) is 6.07 Å². The van der Waals surface area contributed by atoms with Gasteiger partial charge in [-0.25, -0.2) is 4.79 Å². The monoisotopic (exact) mass is 458 g/mol. The van der Waals surface area contributed by atoms with Crippen molar-refractivity contribution < 1.29 is 19.1 Å². The highest BCUT2D eigenvalue weighted by molar-refractivity contribution is 9.10. The van der Waals surface area contributed by atoms with Crippen molar-refractivity contribution in [1.82, 2.24) is 10.2 Å². The SMILES string of the molecule is COc1cc(CN2C(=O)NC(C)(c3ccc4c(c3)CCC4)C2=O)c(OC)cc1Br. The molecular weight excluding hydrogens is 436 g/mol. The lowest BCUT2D eigenvalue weighted by atomic mass is 9.89. The van der Waals surface area contributed by atoms with E-state index >= 15 is 0 Å². The van der Waals surface area contributed by atoms with Gasteiger partial charge in [0, 0.05) is 5.56 Å². The van der Waals surface area contributed by atoms with Crippen LogP contribution in [0.4, 0.5) is 4.79 Å². The predicted octanol–water partition coefficient (Wildman–Crippen LogP) is 3.92. The van der Waals surface area contributed by atoms with E-state index in [2.05, 4.69) is 33.4 Å². The van der Waals surface area contributed by atoms with Crippen molar-refractivity contribution in [3.05, 3.63) is 57.1 Å². The molecule has 3 amide bonds. The number of rotatable bonds is 5. The maximum Gasteiger partial charge on any atom is 0.325 e. The number of halogens is 1. The Hall–Kier alpha value is -2.54. The maximum absolute atomic E-state index is 13.3. The topological polar surface area (TPSA) is 67.9 Å². The number of nitrogens with one attached hydrogen (secondary N) is 1. The quantitative estimate of drug-likeness (QED) is 0.689. The van der Waals surface area contributed by atoms with Gasteiger partial charge in [0.15, 0.2) is 0 Å².